The van der Waals surface area contributed by atoms with E-state index < -0.39 is 17.8 Å². The Morgan fingerprint density at radius 3 is 2.47 bits per heavy atom. The second-order valence-electron chi connectivity index (χ2n) is 6.73. The first-order valence-corrected chi connectivity index (χ1v) is 11.9. The van der Waals surface area contributed by atoms with E-state index in [1.165, 1.54) is 17.8 Å². The third-order valence-electron chi connectivity index (χ3n) is 4.49. The van der Waals surface area contributed by atoms with Crippen molar-refractivity contribution >= 4 is 84.8 Å². The zero-order chi connectivity index (χ0) is 23.0. The first kappa shape index (κ1) is 22.8. The highest BCUT2D eigenvalue weighted by Gasteiger charge is 2.37. The van der Waals surface area contributed by atoms with Crippen molar-refractivity contribution in [3.63, 3.8) is 0 Å². The standard InChI is InChI=1S/C22H13Br2ClN2O4S/c1-11-8-12(23)2-7-18(11)27-20(29)16(19(28)26-22(27)30)9-14-10-17(24)21(31-14)32-15-5-3-13(25)4-6-15/h2-10H,1H3,(H,26,28,30)/b16-9+. The van der Waals surface area contributed by atoms with Gasteiger partial charge in [0, 0.05) is 14.4 Å². The molecule has 0 saturated carbocycles. The lowest BCUT2D eigenvalue weighted by Crippen LogP contribution is -2.54. The van der Waals surface area contributed by atoms with Crippen molar-refractivity contribution in [2.75, 3.05) is 4.90 Å². The number of nitrogens with one attached hydrogen (secondary N) is 1. The number of halogens is 3. The van der Waals surface area contributed by atoms with Gasteiger partial charge in [0.25, 0.3) is 11.8 Å². The fourth-order valence-electron chi connectivity index (χ4n) is 3.01. The van der Waals surface area contributed by atoms with Gasteiger partial charge in [-0.05, 0) is 83.0 Å². The Bertz CT molecular complexity index is 1290. The molecule has 2 aromatic carbocycles. The summed E-state index contributed by atoms with van der Waals surface area (Å²) in [6.07, 6.45) is 1.32. The summed E-state index contributed by atoms with van der Waals surface area (Å²) >= 11 is 14.1. The lowest BCUT2D eigenvalue weighted by atomic mass is 10.1. The summed E-state index contributed by atoms with van der Waals surface area (Å²) in [5.41, 5.74) is 0.865. The third-order valence-corrected chi connectivity index (χ3v) is 7.08. The maximum Gasteiger partial charge on any atom is 0.335 e. The van der Waals surface area contributed by atoms with Crippen LogP contribution in [0.15, 0.2) is 77.5 Å². The molecule has 0 bridgehead atoms. The summed E-state index contributed by atoms with van der Waals surface area (Å²) in [5, 5.41) is 3.38. The number of urea groups is 1. The maximum atomic E-state index is 13.1. The number of hydrogen-bond donors (Lipinski definition) is 1. The number of anilines is 1. The van der Waals surface area contributed by atoms with Gasteiger partial charge in [0.1, 0.15) is 11.3 Å². The minimum Gasteiger partial charge on any atom is -0.449 e. The Kier molecular flexibility index (Phi) is 6.62. The smallest absolute Gasteiger partial charge is 0.335 e. The fraction of sp³-hybridized carbons (Fsp3) is 0.0455. The van der Waals surface area contributed by atoms with Crippen LogP contribution in [0.25, 0.3) is 6.08 Å². The van der Waals surface area contributed by atoms with Crippen LogP contribution < -0.4 is 10.2 Å². The summed E-state index contributed by atoms with van der Waals surface area (Å²) in [4.78, 5) is 39.8. The Morgan fingerprint density at radius 1 is 1.06 bits per heavy atom. The Labute approximate surface area is 209 Å². The predicted octanol–water partition coefficient (Wildman–Crippen LogP) is 6.58. The molecule has 32 heavy (non-hydrogen) atoms. The highest BCUT2D eigenvalue weighted by Crippen LogP contribution is 2.37. The molecule has 1 saturated heterocycles. The molecule has 1 aromatic heterocycles. The number of rotatable bonds is 4. The molecule has 2 heterocycles. The molecule has 1 aliphatic heterocycles. The van der Waals surface area contributed by atoms with Gasteiger partial charge in [0.15, 0.2) is 5.09 Å². The lowest BCUT2D eigenvalue weighted by Gasteiger charge is -2.27. The number of barbiturate groups is 1. The first-order chi connectivity index (χ1) is 15.2. The molecule has 0 aliphatic carbocycles. The number of hydrogen-bond acceptors (Lipinski definition) is 5. The van der Waals surface area contributed by atoms with Gasteiger partial charge in [-0.15, -0.1) is 0 Å². The minimum atomic E-state index is -0.804. The summed E-state index contributed by atoms with van der Waals surface area (Å²) < 4.78 is 7.28. The van der Waals surface area contributed by atoms with E-state index in [2.05, 4.69) is 37.2 Å². The maximum absolute atomic E-state index is 13.1. The van der Waals surface area contributed by atoms with Gasteiger partial charge in [-0.3, -0.25) is 14.9 Å². The van der Waals surface area contributed by atoms with E-state index in [1.807, 2.05) is 12.1 Å². The number of imide groups is 2. The molecule has 6 nitrogen and oxygen atoms in total. The SMILES string of the molecule is Cc1cc(Br)ccc1N1C(=O)NC(=O)/C(=C\c2cc(Br)c(Sc3ccc(Cl)cc3)o2)C1=O. The molecule has 4 rings (SSSR count). The molecule has 0 unspecified atom stereocenters. The van der Waals surface area contributed by atoms with Crippen molar-refractivity contribution in [1.29, 1.82) is 0 Å². The molecule has 3 aromatic rings. The minimum absolute atomic E-state index is 0.212. The van der Waals surface area contributed by atoms with E-state index in [0.717, 1.165) is 14.3 Å². The molecule has 0 radical (unpaired) electrons. The van der Waals surface area contributed by atoms with Crippen molar-refractivity contribution in [3.8, 4) is 0 Å². The fourth-order valence-corrected chi connectivity index (χ4v) is 4.94. The monoisotopic (exact) mass is 594 g/mol. The van der Waals surface area contributed by atoms with Crippen LogP contribution >= 0.6 is 55.2 Å². The lowest BCUT2D eigenvalue weighted by molar-refractivity contribution is -0.122. The first-order valence-electron chi connectivity index (χ1n) is 9.13. The van der Waals surface area contributed by atoms with Crippen molar-refractivity contribution in [2.24, 2.45) is 0 Å². The number of carbonyl (C=O) groups excluding carboxylic acids is 3. The van der Waals surface area contributed by atoms with Crippen molar-refractivity contribution in [1.82, 2.24) is 5.32 Å². The van der Waals surface area contributed by atoms with Crippen LogP contribution in [-0.2, 0) is 9.59 Å². The Balaban J connectivity index is 1.65. The number of nitrogens with zero attached hydrogens (tertiary/aromatic N) is 1. The van der Waals surface area contributed by atoms with Crippen LogP contribution in [-0.4, -0.2) is 17.8 Å². The number of aryl methyl sites for hydroxylation is 1. The van der Waals surface area contributed by atoms with E-state index >= 15 is 0 Å². The van der Waals surface area contributed by atoms with Crippen LogP contribution in [0.2, 0.25) is 5.02 Å². The van der Waals surface area contributed by atoms with Gasteiger partial charge in [0.2, 0.25) is 0 Å². The number of amides is 4. The topological polar surface area (TPSA) is 79.6 Å². The highest BCUT2D eigenvalue weighted by atomic mass is 79.9. The molecule has 162 valence electrons. The second kappa shape index (κ2) is 9.27. The quantitative estimate of drug-likeness (QED) is 0.272. The largest absolute Gasteiger partial charge is 0.449 e. The van der Waals surface area contributed by atoms with Gasteiger partial charge in [0.05, 0.1) is 10.2 Å². The number of furan rings is 1. The molecule has 10 heteroatoms. The number of carbonyl (C=O) groups is 3. The summed E-state index contributed by atoms with van der Waals surface area (Å²) in [6.45, 7) is 1.77. The highest BCUT2D eigenvalue weighted by molar-refractivity contribution is 9.10. The van der Waals surface area contributed by atoms with Gasteiger partial charge in [-0.2, -0.15) is 0 Å². The summed E-state index contributed by atoms with van der Waals surface area (Å²) in [6, 6.07) is 13.2. The molecule has 0 atom stereocenters. The zero-order valence-corrected chi connectivity index (χ0v) is 21.1. The third kappa shape index (κ3) is 4.71. The van der Waals surface area contributed by atoms with E-state index in [-0.39, 0.29) is 11.3 Å². The van der Waals surface area contributed by atoms with Crippen LogP contribution in [0.4, 0.5) is 10.5 Å². The normalized spacial score (nSPS) is 15.4. The summed E-state index contributed by atoms with van der Waals surface area (Å²) in [7, 11) is 0. The summed E-state index contributed by atoms with van der Waals surface area (Å²) in [5.74, 6) is -1.23. The molecule has 4 amide bonds. The Morgan fingerprint density at radius 2 is 1.78 bits per heavy atom. The van der Waals surface area contributed by atoms with Crippen molar-refractivity contribution in [3.05, 3.63) is 79.4 Å². The van der Waals surface area contributed by atoms with E-state index in [9.17, 15) is 14.4 Å². The van der Waals surface area contributed by atoms with E-state index in [1.54, 1.807) is 43.3 Å². The molecular formula is C22H13Br2ClN2O4S. The van der Waals surface area contributed by atoms with Crippen molar-refractivity contribution in [2.45, 2.75) is 16.9 Å². The average Bonchev–Trinajstić information content (AvgIpc) is 3.07. The van der Waals surface area contributed by atoms with Gasteiger partial charge < -0.3 is 4.42 Å². The average molecular weight is 597 g/mol. The van der Waals surface area contributed by atoms with Gasteiger partial charge >= 0.3 is 6.03 Å². The van der Waals surface area contributed by atoms with E-state index in [4.69, 9.17) is 16.0 Å². The number of benzene rings is 2. The van der Waals surface area contributed by atoms with Gasteiger partial charge in [-0.25, -0.2) is 9.69 Å². The predicted molar refractivity (Wildman–Crippen MR) is 130 cm³/mol. The Hall–Kier alpha value is -2.33. The second-order valence-corrected chi connectivity index (χ2v) is 9.98. The van der Waals surface area contributed by atoms with Crippen LogP contribution in [0.1, 0.15) is 11.3 Å². The van der Waals surface area contributed by atoms with E-state index in [0.29, 0.717) is 25.8 Å². The van der Waals surface area contributed by atoms with Crippen LogP contribution in [0.3, 0.4) is 0 Å². The molecular weight excluding hydrogens is 584 g/mol. The molecule has 1 N–H and O–H groups in total. The molecule has 1 aliphatic rings. The molecule has 1 fully saturated rings. The van der Waals surface area contributed by atoms with Crippen molar-refractivity contribution < 1.29 is 18.8 Å². The van der Waals surface area contributed by atoms with Crippen LogP contribution in [0.5, 0.6) is 0 Å². The van der Waals surface area contributed by atoms with Gasteiger partial charge in [-0.1, -0.05) is 39.3 Å². The molecule has 0 spiro atoms. The zero-order valence-electron chi connectivity index (χ0n) is 16.3. The van der Waals surface area contributed by atoms with Crippen LogP contribution in [0, 0.1) is 6.92 Å².